The number of aromatic nitrogens is 5. The Balaban J connectivity index is 1.54. The van der Waals surface area contributed by atoms with Crippen molar-refractivity contribution in [2.45, 2.75) is 6.54 Å². The standard InChI is InChI=1S/C19H24N10O3/c1-27(2)14-5-3-13(4-6-14)11-21-23-19(30)16-15(12-28-7-9-31-10-8-28)22-26-29(16)18-17(20)24-32-25-18/h3-6,11H,7-10,12H2,1-2H3,(H2,20,24)(H,23,30)/b21-11-. The largest absolute Gasteiger partial charge is 0.379 e. The number of morpholine rings is 1. The van der Waals surface area contributed by atoms with Crippen LogP contribution >= 0.6 is 0 Å². The normalized spacial score (nSPS) is 14.7. The van der Waals surface area contributed by atoms with Crippen LogP contribution in [0, 0.1) is 0 Å². The SMILES string of the molecule is CN(C)c1ccc(/C=N\NC(=O)c2c(CN3CCOCC3)nnn2-c2nonc2N)cc1. The highest BCUT2D eigenvalue weighted by Crippen LogP contribution is 2.17. The minimum absolute atomic E-state index is 0.00800. The maximum Gasteiger partial charge on any atom is 0.292 e. The third-order valence-corrected chi connectivity index (χ3v) is 4.92. The molecule has 3 aromatic rings. The van der Waals surface area contributed by atoms with Gasteiger partial charge < -0.3 is 15.4 Å². The number of nitrogen functional groups attached to an aromatic ring is 1. The van der Waals surface area contributed by atoms with Crippen LogP contribution in [-0.4, -0.2) is 82.7 Å². The van der Waals surface area contributed by atoms with Gasteiger partial charge in [-0.2, -0.15) is 9.78 Å². The van der Waals surface area contributed by atoms with Crippen LogP contribution in [0.1, 0.15) is 21.7 Å². The first-order chi connectivity index (χ1) is 15.5. The zero-order valence-electron chi connectivity index (χ0n) is 17.8. The number of amides is 1. The molecule has 0 radical (unpaired) electrons. The minimum Gasteiger partial charge on any atom is -0.379 e. The molecule has 0 unspecified atom stereocenters. The first kappa shape index (κ1) is 21.4. The smallest absolute Gasteiger partial charge is 0.292 e. The van der Waals surface area contributed by atoms with Crippen LogP contribution in [-0.2, 0) is 11.3 Å². The average Bonchev–Trinajstić information content (AvgIpc) is 3.40. The van der Waals surface area contributed by atoms with Crippen LogP contribution in [0.25, 0.3) is 5.82 Å². The molecular weight excluding hydrogens is 416 g/mol. The van der Waals surface area contributed by atoms with Crippen molar-refractivity contribution in [1.29, 1.82) is 0 Å². The van der Waals surface area contributed by atoms with Gasteiger partial charge in [0.1, 0.15) is 5.69 Å². The summed E-state index contributed by atoms with van der Waals surface area (Å²) < 4.78 is 11.2. The van der Waals surface area contributed by atoms with Crippen LogP contribution in [0.15, 0.2) is 34.0 Å². The van der Waals surface area contributed by atoms with Crippen LogP contribution in [0.2, 0.25) is 0 Å². The second-order valence-electron chi connectivity index (χ2n) is 7.34. The molecule has 168 valence electrons. The Morgan fingerprint density at radius 2 is 2.00 bits per heavy atom. The molecule has 1 saturated heterocycles. The predicted molar refractivity (Wildman–Crippen MR) is 116 cm³/mol. The van der Waals surface area contributed by atoms with Gasteiger partial charge in [-0.05, 0) is 28.0 Å². The van der Waals surface area contributed by atoms with Crippen molar-refractivity contribution in [3.8, 4) is 5.82 Å². The Bertz CT molecular complexity index is 1080. The molecule has 0 atom stereocenters. The summed E-state index contributed by atoms with van der Waals surface area (Å²) in [6.45, 7) is 3.10. The van der Waals surface area contributed by atoms with Crippen LogP contribution in [0.3, 0.4) is 0 Å². The number of nitrogens with two attached hydrogens (primary N) is 1. The van der Waals surface area contributed by atoms with Crippen molar-refractivity contribution in [2.75, 3.05) is 51.0 Å². The monoisotopic (exact) mass is 440 g/mol. The van der Waals surface area contributed by atoms with Crippen molar-refractivity contribution >= 4 is 23.6 Å². The Morgan fingerprint density at radius 3 is 2.66 bits per heavy atom. The molecule has 0 bridgehead atoms. The third-order valence-electron chi connectivity index (χ3n) is 4.92. The van der Waals surface area contributed by atoms with E-state index in [0.29, 0.717) is 25.5 Å². The maximum atomic E-state index is 13.0. The second kappa shape index (κ2) is 9.53. The van der Waals surface area contributed by atoms with E-state index in [1.165, 1.54) is 4.68 Å². The molecule has 1 aliphatic rings. The van der Waals surface area contributed by atoms with Crippen LogP contribution in [0.5, 0.6) is 0 Å². The highest BCUT2D eigenvalue weighted by atomic mass is 16.6. The van der Waals surface area contributed by atoms with Gasteiger partial charge in [-0.3, -0.25) is 9.69 Å². The summed E-state index contributed by atoms with van der Waals surface area (Å²) in [7, 11) is 3.93. The van der Waals surface area contributed by atoms with Gasteiger partial charge >= 0.3 is 0 Å². The van der Waals surface area contributed by atoms with E-state index in [1.807, 2.05) is 43.3 Å². The molecule has 13 nitrogen and oxygen atoms in total. The molecule has 2 aromatic heterocycles. The lowest BCUT2D eigenvalue weighted by Crippen LogP contribution is -2.36. The van der Waals surface area contributed by atoms with Gasteiger partial charge in [0.25, 0.3) is 5.91 Å². The lowest BCUT2D eigenvalue weighted by atomic mass is 10.2. The molecule has 0 spiro atoms. The van der Waals surface area contributed by atoms with E-state index in [9.17, 15) is 4.79 Å². The predicted octanol–water partition coefficient (Wildman–Crippen LogP) is -0.105. The van der Waals surface area contributed by atoms with Crippen LogP contribution in [0.4, 0.5) is 11.5 Å². The van der Waals surface area contributed by atoms with Gasteiger partial charge in [0.05, 0.1) is 19.4 Å². The van der Waals surface area contributed by atoms with E-state index in [1.54, 1.807) is 6.21 Å². The maximum absolute atomic E-state index is 13.0. The van der Waals surface area contributed by atoms with E-state index in [2.05, 4.69) is 40.7 Å². The summed E-state index contributed by atoms with van der Waals surface area (Å²) in [5.74, 6) is -0.438. The number of rotatable bonds is 7. The number of carbonyl (C=O) groups is 1. The Morgan fingerprint density at radius 1 is 1.25 bits per heavy atom. The second-order valence-corrected chi connectivity index (χ2v) is 7.34. The molecule has 1 amide bonds. The number of hydrogen-bond donors (Lipinski definition) is 2. The van der Waals surface area contributed by atoms with Crippen LogP contribution < -0.4 is 16.1 Å². The molecule has 32 heavy (non-hydrogen) atoms. The first-order valence-electron chi connectivity index (χ1n) is 9.97. The van der Waals surface area contributed by atoms with Crippen molar-refractivity contribution in [1.82, 2.24) is 35.6 Å². The number of anilines is 2. The third kappa shape index (κ3) is 4.73. The van der Waals surface area contributed by atoms with Gasteiger partial charge in [0.15, 0.2) is 5.69 Å². The molecule has 1 aromatic carbocycles. The number of hydrogen-bond acceptors (Lipinski definition) is 11. The Hall–Kier alpha value is -3.84. The molecule has 3 N–H and O–H groups in total. The number of nitrogens with one attached hydrogen (secondary N) is 1. The highest BCUT2D eigenvalue weighted by molar-refractivity contribution is 5.95. The van der Waals surface area contributed by atoms with E-state index >= 15 is 0 Å². The molecule has 0 saturated carbocycles. The van der Waals surface area contributed by atoms with E-state index in [-0.39, 0.29) is 17.3 Å². The van der Waals surface area contributed by atoms with Crippen molar-refractivity contribution in [3.05, 3.63) is 41.2 Å². The number of hydrazone groups is 1. The fourth-order valence-electron chi connectivity index (χ4n) is 3.18. The Kier molecular flexibility index (Phi) is 6.37. The average molecular weight is 440 g/mol. The fraction of sp³-hybridized carbons (Fsp3) is 0.368. The summed E-state index contributed by atoms with van der Waals surface area (Å²) in [6.07, 6.45) is 1.55. The van der Waals surface area contributed by atoms with Gasteiger partial charge in [-0.1, -0.05) is 17.3 Å². The number of ether oxygens (including phenoxy) is 1. The number of carbonyl (C=O) groups excluding carboxylic acids is 1. The molecule has 1 fully saturated rings. The van der Waals surface area contributed by atoms with Crippen molar-refractivity contribution < 1.29 is 14.2 Å². The van der Waals surface area contributed by atoms with Gasteiger partial charge in [0, 0.05) is 39.4 Å². The quantitative estimate of drug-likeness (QED) is 0.376. The summed E-state index contributed by atoms with van der Waals surface area (Å²) in [5.41, 5.74) is 10.8. The molecule has 4 rings (SSSR count). The van der Waals surface area contributed by atoms with Crippen molar-refractivity contribution in [2.24, 2.45) is 5.10 Å². The Labute approximate surface area is 183 Å². The molecule has 13 heteroatoms. The summed E-state index contributed by atoms with van der Waals surface area (Å²) in [4.78, 5) is 17.2. The van der Waals surface area contributed by atoms with E-state index in [4.69, 9.17) is 10.5 Å². The number of benzene rings is 1. The molecule has 1 aliphatic heterocycles. The lowest BCUT2D eigenvalue weighted by Gasteiger charge is -2.25. The summed E-state index contributed by atoms with van der Waals surface area (Å²) >= 11 is 0. The molecule has 0 aliphatic carbocycles. The van der Waals surface area contributed by atoms with Gasteiger partial charge in [0.2, 0.25) is 11.6 Å². The topological polar surface area (TPSA) is 153 Å². The zero-order valence-corrected chi connectivity index (χ0v) is 17.8. The molecular formula is C19H24N10O3. The van der Waals surface area contributed by atoms with Gasteiger partial charge in [-0.25, -0.2) is 10.1 Å². The van der Waals surface area contributed by atoms with Gasteiger partial charge in [-0.15, -0.1) is 5.10 Å². The first-order valence-corrected chi connectivity index (χ1v) is 9.97. The summed E-state index contributed by atoms with van der Waals surface area (Å²) in [6, 6.07) is 7.73. The number of nitrogens with zero attached hydrogens (tertiary/aromatic N) is 8. The molecule has 3 heterocycles. The highest BCUT2D eigenvalue weighted by Gasteiger charge is 2.26. The lowest BCUT2D eigenvalue weighted by molar-refractivity contribution is 0.0335. The minimum atomic E-state index is -0.512. The van der Waals surface area contributed by atoms with E-state index < -0.39 is 5.91 Å². The zero-order chi connectivity index (χ0) is 22.5. The van der Waals surface area contributed by atoms with Crippen molar-refractivity contribution in [3.63, 3.8) is 0 Å². The van der Waals surface area contributed by atoms with E-state index in [0.717, 1.165) is 24.3 Å². The fourth-order valence-corrected chi connectivity index (χ4v) is 3.18. The summed E-state index contributed by atoms with van der Waals surface area (Å²) in [5, 5.41) is 19.6.